The molecule has 0 aliphatic rings. The topological polar surface area (TPSA) is 0 Å². The van der Waals surface area contributed by atoms with Crippen molar-refractivity contribution in [3.8, 4) is 0 Å². The number of allylic oxidation sites excluding steroid dienone is 5. The van der Waals surface area contributed by atoms with Gasteiger partial charge in [-0.25, -0.2) is 0 Å². The minimum Gasteiger partial charge on any atom is -0.0985 e. The fourth-order valence-corrected chi connectivity index (χ4v) is 1.90. The van der Waals surface area contributed by atoms with Crippen LogP contribution in [0.2, 0.25) is 0 Å². The van der Waals surface area contributed by atoms with Gasteiger partial charge < -0.3 is 0 Å². The SMILES string of the molecule is C=CC(C(C)=CC)=C(C)c1ccc(C)c(C)c1. The van der Waals surface area contributed by atoms with E-state index in [-0.39, 0.29) is 0 Å². The third-order valence-corrected chi connectivity index (χ3v) is 3.41. The first kappa shape index (κ1) is 13.5. The second kappa shape index (κ2) is 5.67. The van der Waals surface area contributed by atoms with Crippen LogP contribution in [0.25, 0.3) is 5.57 Å². The van der Waals surface area contributed by atoms with Gasteiger partial charge in [-0.2, -0.15) is 0 Å². The van der Waals surface area contributed by atoms with E-state index in [9.17, 15) is 0 Å². The van der Waals surface area contributed by atoms with Gasteiger partial charge in [0.1, 0.15) is 0 Å². The Hall–Kier alpha value is -1.56. The molecule has 0 aliphatic carbocycles. The molecule has 0 fully saturated rings. The third kappa shape index (κ3) is 2.97. The molecule has 90 valence electrons. The second-order valence-electron chi connectivity index (χ2n) is 4.51. The van der Waals surface area contributed by atoms with Crippen LogP contribution in [-0.2, 0) is 0 Å². The molecule has 0 spiro atoms. The van der Waals surface area contributed by atoms with Crippen molar-refractivity contribution < 1.29 is 0 Å². The lowest BCUT2D eigenvalue weighted by Gasteiger charge is -2.11. The lowest BCUT2D eigenvalue weighted by atomic mass is 9.94. The minimum atomic E-state index is 1.23. The van der Waals surface area contributed by atoms with Crippen molar-refractivity contribution in [1.29, 1.82) is 0 Å². The molecule has 0 aliphatic heterocycles. The van der Waals surface area contributed by atoms with Crippen LogP contribution in [0, 0.1) is 13.8 Å². The number of hydrogen-bond donors (Lipinski definition) is 0. The molecule has 1 rings (SSSR count). The summed E-state index contributed by atoms with van der Waals surface area (Å²) in [4.78, 5) is 0. The smallest absolute Gasteiger partial charge is 0.0201 e. The molecule has 0 radical (unpaired) electrons. The van der Waals surface area contributed by atoms with Gasteiger partial charge in [0.05, 0.1) is 0 Å². The van der Waals surface area contributed by atoms with Gasteiger partial charge >= 0.3 is 0 Å². The van der Waals surface area contributed by atoms with Gasteiger partial charge in [-0.1, -0.05) is 36.9 Å². The lowest BCUT2D eigenvalue weighted by molar-refractivity contribution is 1.31. The Balaban J connectivity index is 3.35. The van der Waals surface area contributed by atoms with Crippen LogP contribution in [0.4, 0.5) is 0 Å². The summed E-state index contributed by atoms with van der Waals surface area (Å²) in [7, 11) is 0. The molecule has 0 saturated carbocycles. The summed E-state index contributed by atoms with van der Waals surface area (Å²) < 4.78 is 0. The van der Waals surface area contributed by atoms with Gasteiger partial charge in [-0.3, -0.25) is 0 Å². The fourth-order valence-electron chi connectivity index (χ4n) is 1.90. The Morgan fingerprint density at radius 3 is 2.24 bits per heavy atom. The summed E-state index contributed by atoms with van der Waals surface area (Å²) in [5.74, 6) is 0. The molecule has 17 heavy (non-hydrogen) atoms. The maximum atomic E-state index is 3.92. The van der Waals surface area contributed by atoms with Gasteiger partial charge in [-0.05, 0) is 68.0 Å². The molecule has 0 unspecified atom stereocenters. The Morgan fingerprint density at radius 1 is 1.12 bits per heavy atom. The average molecular weight is 226 g/mol. The molecule has 0 heteroatoms. The van der Waals surface area contributed by atoms with Crippen molar-refractivity contribution in [2.24, 2.45) is 0 Å². The molecule has 0 bridgehead atoms. The molecule has 0 heterocycles. The Labute approximate surface area is 105 Å². The van der Waals surface area contributed by atoms with Crippen LogP contribution in [0.1, 0.15) is 37.5 Å². The second-order valence-corrected chi connectivity index (χ2v) is 4.51. The van der Waals surface area contributed by atoms with Crippen LogP contribution >= 0.6 is 0 Å². The molecule has 0 saturated heterocycles. The summed E-state index contributed by atoms with van der Waals surface area (Å²) in [6.45, 7) is 14.6. The molecular weight excluding hydrogens is 204 g/mol. The lowest BCUT2D eigenvalue weighted by Crippen LogP contribution is -1.90. The molecule has 0 atom stereocenters. The predicted octanol–water partition coefficient (Wildman–Crippen LogP) is 5.23. The summed E-state index contributed by atoms with van der Waals surface area (Å²) in [6.07, 6.45) is 4.07. The van der Waals surface area contributed by atoms with E-state index < -0.39 is 0 Å². The number of rotatable bonds is 3. The zero-order valence-electron chi connectivity index (χ0n) is 11.6. The van der Waals surface area contributed by atoms with Crippen molar-refractivity contribution in [2.75, 3.05) is 0 Å². The van der Waals surface area contributed by atoms with Crippen molar-refractivity contribution in [1.82, 2.24) is 0 Å². The van der Waals surface area contributed by atoms with Gasteiger partial charge in [0.25, 0.3) is 0 Å². The number of hydrogen-bond acceptors (Lipinski definition) is 0. The molecule has 0 aromatic heterocycles. The Bertz CT molecular complexity index is 485. The normalized spacial score (nSPS) is 13.4. The standard InChI is InChI=1S/C17H22/c1-7-12(3)17(8-2)15(6)16-10-9-13(4)14(5)11-16/h7-11H,2H2,1,3-6H3. The number of benzene rings is 1. The average Bonchev–Trinajstić information content (AvgIpc) is 2.33. The van der Waals surface area contributed by atoms with E-state index in [1.165, 1.54) is 33.4 Å². The highest BCUT2D eigenvalue weighted by Gasteiger charge is 2.04. The maximum Gasteiger partial charge on any atom is -0.0201 e. The quantitative estimate of drug-likeness (QED) is 0.619. The minimum absolute atomic E-state index is 1.23. The molecule has 1 aromatic carbocycles. The summed E-state index contributed by atoms with van der Waals surface area (Å²) in [5.41, 5.74) is 7.75. The Morgan fingerprint density at radius 2 is 1.76 bits per heavy atom. The first-order valence-electron chi connectivity index (χ1n) is 6.05. The highest BCUT2D eigenvalue weighted by Crippen LogP contribution is 2.25. The summed E-state index contributed by atoms with van der Waals surface area (Å²) in [6, 6.07) is 6.61. The predicted molar refractivity (Wildman–Crippen MR) is 78.1 cm³/mol. The van der Waals surface area contributed by atoms with Crippen molar-refractivity contribution >= 4 is 5.57 Å². The Kier molecular flexibility index (Phi) is 4.51. The first-order chi connectivity index (χ1) is 8.01. The summed E-state index contributed by atoms with van der Waals surface area (Å²) in [5, 5.41) is 0. The molecule has 0 N–H and O–H groups in total. The zero-order valence-corrected chi connectivity index (χ0v) is 11.6. The van der Waals surface area contributed by atoms with Crippen LogP contribution in [0.15, 0.2) is 48.1 Å². The van der Waals surface area contributed by atoms with E-state index in [1.807, 2.05) is 6.08 Å². The van der Waals surface area contributed by atoms with Gasteiger partial charge in [0.2, 0.25) is 0 Å². The first-order valence-corrected chi connectivity index (χ1v) is 6.05. The largest absolute Gasteiger partial charge is 0.0985 e. The van der Waals surface area contributed by atoms with Crippen molar-refractivity contribution in [3.63, 3.8) is 0 Å². The van der Waals surface area contributed by atoms with Crippen LogP contribution < -0.4 is 0 Å². The van der Waals surface area contributed by atoms with E-state index in [2.05, 4.69) is 65.5 Å². The summed E-state index contributed by atoms with van der Waals surface area (Å²) >= 11 is 0. The van der Waals surface area contributed by atoms with E-state index in [0.717, 1.165) is 0 Å². The molecular formula is C17H22. The van der Waals surface area contributed by atoms with Crippen LogP contribution in [0.3, 0.4) is 0 Å². The van der Waals surface area contributed by atoms with Gasteiger partial charge in [0, 0.05) is 0 Å². The van der Waals surface area contributed by atoms with Crippen LogP contribution in [0.5, 0.6) is 0 Å². The zero-order chi connectivity index (χ0) is 13.0. The highest BCUT2D eigenvalue weighted by molar-refractivity contribution is 5.73. The van der Waals surface area contributed by atoms with E-state index in [4.69, 9.17) is 0 Å². The molecule has 0 amide bonds. The fraction of sp³-hybridized carbons (Fsp3) is 0.294. The maximum absolute atomic E-state index is 3.92. The highest BCUT2D eigenvalue weighted by atomic mass is 14.1. The molecule has 0 nitrogen and oxygen atoms in total. The van der Waals surface area contributed by atoms with Crippen LogP contribution in [-0.4, -0.2) is 0 Å². The molecule has 1 aromatic rings. The van der Waals surface area contributed by atoms with Crippen molar-refractivity contribution in [3.05, 3.63) is 64.8 Å². The van der Waals surface area contributed by atoms with Gasteiger partial charge in [0.15, 0.2) is 0 Å². The van der Waals surface area contributed by atoms with E-state index in [0.29, 0.717) is 0 Å². The third-order valence-electron chi connectivity index (χ3n) is 3.41. The monoisotopic (exact) mass is 226 g/mol. The number of aryl methyl sites for hydroxylation is 2. The van der Waals surface area contributed by atoms with E-state index in [1.54, 1.807) is 0 Å². The van der Waals surface area contributed by atoms with E-state index >= 15 is 0 Å². The van der Waals surface area contributed by atoms with Gasteiger partial charge in [-0.15, -0.1) is 0 Å². The van der Waals surface area contributed by atoms with Crippen molar-refractivity contribution in [2.45, 2.75) is 34.6 Å².